The van der Waals surface area contributed by atoms with Gasteiger partial charge in [0.2, 0.25) is 5.75 Å². The Morgan fingerprint density at radius 3 is 2.38 bits per heavy atom. The average molecular weight is 227 g/mol. The van der Waals surface area contributed by atoms with E-state index in [-0.39, 0.29) is 0 Å². The van der Waals surface area contributed by atoms with E-state index >= 15 is 0 Å². The summed E-state index contributed by atoms with van der Waals surface area (Å²) in [4.78, 5) is 34.5. The van der Waals surface area contributed by atoms with E-state index in [0.29, 0.717) is 0 Å². The smallest absolute Gasteiger partial charge is 0.311 e. The Kier molecular flexibility index (Phi) is 2.99. The maximum Gasteiger partial charge on any atom is 0.311 e. The summed E-state index contributed by atoms with van der Waals surface area (Å²) in [6, 6.07) is 3.26. The van der Waals surface area contributed by atoms with Gasteiger partial charge in [0.15, 0.2) is 0 Å². The molecule has 0 aliphatic carbocycles. The minimum absolute atomic E-state index is 0.454. The van der Waals surface area contributed by atoms with E-state index in [1.807, 2.05) is 0 Å². The summed E-state index contributed by atoms with van der Waals surface area (Å²) in [7, 11) is 0. The number of carbonyl (C=O) groups is 1. The molecule has 0 saturated carbocycles. The maximum atomic E-state index is 10.9. The van der Waals surface area contributed by atoms with Crippen molar-refractivity contribution in [3.05, 3.63) is 44.0 Å². The zero-order valence-electron chi connectivity index (χ0n) is 7.65. The summed E-state index contributed by atoms with van der Waals surface area (Å²) >= 11 is 0. The molecule has 84 valence electrons. The van der Waals surface area contributed by atoms with E-state index in [1.165, 1.54) is 6.07 Å². The lowest BCUT2D eigenvalue weighted by Crippen LogP contribution is -2.15. The maximum absolute atomic E-state index is 10.9. The summed E-state index contributed by atoms with van der Waals surface area (Å²) < 4.78 is 0. The Morgan fingerprint density at radius 2 is 1.94 bits per heavy atom. The number of hydrogen-bond donors (Lipinski definition) is 1. The van der Waals surface area contributed by atoms with E-state index in [9.17, 15) is 25.0 Å². The van der Waals surface area contributed by atoms with Crippen LogP contribution in [-0.2, 0) is 0 Å². The van der Waals surface area contributed by atoms with Gasteiger partial charge in [0.1, 0.15) is 5.56 Å². The summed E-state index contributed by atoms with van der Waals surface area (Å²) in [6.07, 6.45) is 0. The van der Waals surface area contributed by atoms with Crippen molar-refractivity contribution in [1.82, 2.24) is 0 Å². The molecule has 0 aliphatic rings. The lowest BCUT2D eigenvalue weighted by atomic mass is 10.1. The molecule has 0 aromatic heterocycles. The van der Waals surface area contributed by atoms with Gasteiger partial charge in [-0.05, 0) is 12.1 Å². The van der Waals surface area contributed by atoms with Gasteiger partial charge in [0.05, 0.1) is 4.92 Å². The number of hydrogen-bond acceptors (Lipinski definition) is 6. The zero-order chi connectivity index (χ0) is 12.3. The molecule has 0 radical (unpaired) electrons. The van der Waals surface area contributed by atoms with Crippen molar-refractivity contribution >= 4 is 11.6 Å². The fraction of sp³-hybridized carbons (Fsp3) is 0. The minimum atomic E-state index is -1.22. The van der Waals surface area contributed by atoms with Crippen molar-refractivity contribution in [3.8, 4) is 5.75 Å². The number of carbonyl (C=O) groups excluding carboxylic acids is 1. The zero-order valence-corrected chi connectivity index (χ0v) is 7.65. The quantitative estimate of drug-likeness (QED) is 0.578. The molecule has 1 rings (SSSR count). The standard InChI is InChI=1S/C7H5N3O6/c8-7(11)4-2-1-3-5(16-10(14)15)6(4)9(12)13/h1-3H,(H2,8,11). The first-order chi connectivity index (χ1) is 7.43. The van der Waals surface area contributed by atoms with E-state index in [4.69, 9.17) is 5.73 Å². The number of nitrogens with zero attached hydrogens (tertiary/aromatic N) is 2. The normalized spacial score (nSPS) is 9.50. The third kappa shape index (κ3) is 2.20. The van der Waals surface area contributed by atoms with Crippen LogP contribution in [0.15, 0.2) is 18.2 Å². The molecule has 0 aliphatic heterocycles. The molecule has 0 heterocycles. The van der Waals surface area contributed by atoms with Gasteiger partial charge in [-0.3, -0.25) is 19.7 Å². The predicted octanol–water partition coefficient (Wildman–Crippen LogP) is 0.264. The topological polar surface area (TPSA) is 139 Å². The van der Waals surface area contributed by atoms with Crippen molar-refractivity contribution in [2.75, 3.05) is 0 Å². The molecule has 9 heteroatoms. The van der Waals surface area contributed by atoms with Gasteiger partial charge in [0.25, 0.3) is 11.0 Å². The van der Waals surface area contributed by atoms with Crippen molar-refractivity contribution in [2.45, 2.75) is 0 Å². The molecule has 1 aromatic rings. The first-order valence-corrected chi connectivity index (χ1v) is 3.83. The van der Waals surface area contributed by atoms with Gasteiger partial charge < -0.3 is 5.73 Å². The van der Waals surface area contributed by atoms with Crippen LogP contribution < -0.4 is 10.6 Å². The number of amides is 1. The van der Waals surface area contributed by atoms with Crippen molar-refractivity contribution in [2.24, 2.45) is 5.73 Å². The highest BCUT2D eigenvalue weighted by Gasteiger charge is 2.24. The van der Waals surface area contributed by atoms with Gasteiger partial charge >= 0.3 is 5.69 Å². The number of primary amides is 1. The monoisotopic (exact) mass is 227 g/mol. The molecule has 2 N–H and O–H groups in total. The number of nitro benzene ring substituents is 1. The van der Waals surface area contributed by atoms with Gasteiger partial charge in [-0.25, -0.2) is 0 Å². The van der Waals surface area contributed by atoms with Crippen molar-refractivity contribution in [3.63, 3.8) is 0 Å². The Bertz CT molecular complexity index is 471. The summed E-state index contributed by atoms with van der Waals surface area (Å²) in [5, 5.41) is 19.5. The van der Waals surface area contributed by atoms with Crippen LogP contribution in [0.1, 0.15) is 10.4 Å². The van der Waals surface area contributed by atoms with Crippen molar-refractivity contribution < 1.29 is 19.6 Å². The Balaban J connectivity index is 3.38. The molecule has 0 spiro atoms. The van der Waals surface area contributed by atoms with Crippen LogP contribution in [0, 0.1) is 20.2 Å². The van der Waals surface area contributed by atoms with Gasteiger partial charge in [-0.2, -0.15) is 0 Å². The predicted molar refractivity (Wildman–Crippen MR) is 49.2 cm³/mol. The number of nitrogens with two attached hydrogens (primary N) is 1. The molecule has 0 bridgehead atoms. The molecule has 9 nitrogen and oxygen atoms in total. The minimum Gasteiger partial charge on any atom is -0.365 e. The van der Waals surface area contributed by atoms with E-state index < -0.39 is 32.9 Å². The van der Waals surface area contributed by atoms with Crippen LogP contribution in [0.2, 0.25) is 0 Å². The molecule has 0 fully saturated rings. The number of benzene rings is 1. The molecule has 16 heavy (non-hydrogen) atoms. The lowest BCUT2D eigenvalue weighted by molar-refractivity contribution is -0.711. The SMILES string of the molecule is NC(=O)c1cccc(O[N+](=O)[O-])c1[N+](=O)[O-]. The second-order valence-corrected chi connectivity index (χ2v) is 2.59. The summed E-state index contributed by atoms with van der Waals surface area (Å²) in [5.74, 6) is -1.72. The van der Waals surface area contributed by atoms with Crippen LogP contribution in [0.4, 0.5) is 5.69 Å². The Labute approximate surface area is 87.7 Å². The van der Waals surface area contributed by atoms with E-state index in [2.05, 4.69) is 4.84 Å². The number of nitro groups is 1. The molecule has 1 amide bonds. The molecule has 0 atom stereocenters. The average Bonchev–Trinajstić information content (AvgIpc) is 2.15. The highest BCUT2D eigenvalue weighted by Crippen LogP contribution is 2.30. The second-order valence-electron chi connectivity index (χ2n) is 2.59. The summed E-state index contributed by atoms with van der Waals surface area (Å²) in [5.41, 5.74) is 3.60. The highest BCUT2D eigenvalue weighted by atomic mass is 17.0. The first kappa shape index (κ1) is 11.4. The molecular weight excluding hydrogens is 222 g/mol. The highest BCUT2D eigenvalue weighted by molar-refractivity contribution is 5.97. The number of rotatable bonds is 4. The lowest BCUT2D eigenvalue weighted by Gasteiger charge is -2.03. The van der Waals surface area contributed by atoms with Gasteiger partial charge in [0, 0.05) is 0 Å². The van der Waals surface area contributed by atoms with Crippen LogP contribution in [-0.4, -0.2) is 15.9 Å². The molecule has 1 aromatic carbocycles. The molecule has 0 saturated heterocycles. The van der Waals surface area contributed by atoms with E-state index in [0.717, 1.165) is 12.1 Å². The van der Waals surface area contributed by atoms with Crippen LogP contribution >= 0.6 is 0 Å². The van der Waals surface area contributed by atoms with Crippen LogP contribution in [0.25, 0.3) is 0 Å². The fourth-order valence-corrected chi connectivity index (χ4v) is 1.06. The molecular formula is C7H5N3O6. The summed E-state index contributed by atoms with van der Waals surface area (Å²) in [6.45, 7) is 0. The van der Waals surface area contributed by atoms with E-state index in [1.54, 1.807) is 0 Å². The Morgan fingerprint density at radius 1 is 1.31 bits per heavy atom. The van der Waals surface area contributed by atoms with Crippen LogP contribution in [0.3, 0.4) is 0 Å². The fourth-order valence-electron chi connectivity index (χ4n) is 1.06. The van der Waals surface area contributed by atoms with Gasteiger partial charge in [-0.1, -0.05) is 6.07 Å². The Hall–Kier alpha value is -2.71. The number of para-hydroxylation sites is 1. The van der Waals surface area contributed by atoms with Crippen LogP contribution in [0.5, 0.6) is 5.75 Å². The van der Waals surface area contributed by atoms with Gasteiger partial charge in [-0.15, -0.1) is 10.1 Å². The third-order valence-corrected chi connectivity index (χ3v) is 1.62. The third-order valence-electron chi connectivity index (χ3n) is 1.62. The largest absolute Gasteiger partial charge is 0.365 e. The van der Waals surface area contributed by atoms with Crippen molar-refractivity contribution in [1.29, 1.82) is 0 Å². The second kappa shape index (κ2) is 4.21. The molecule has 0 unspecified atom stereocenters. The first-order valence-electron chi connectivity index (χ1n) is 3.83.